The summed E-state index contributed by atoms with van der Waals surface area (Å²) in [5.41, 5.74) is 6.46. The predicted octanol–water partition coefficient (Wildman–Crippen LogP) is 2.95. The average Bonchev–Trinajstić information content (AvgIpc) is 2.77. The fourth-order valence-electron chi connectivity index (χ4n) is 1.43. The molecule has 0 atom stereocenters. The van der Waals surface area contributed by atoms with Crippen molar-refractivity contribution in [2.45, 2.75) is 6.18 Å². The molecular weight excluding hydrogens is 249 g/mol. The summed E-state index contributed by atoms with van der Waals surface area (Å²) in [7, 11) is 1.45. The molecule has 2 rings (SSSR count). The van der Waals surface area contributed by atoms with Gasteiger partial charge in [-0.25, -0.2) is 4.98 Å². The van der Waals surface area contributed by atoms with Crippen LogP contribution < -0.4 is 10.5 Å². The van der Waals surface area contributed by atoms with E-state index in [1.54, 1.807) is 12.1 Å². The molecule has 0 bridgehead atoms. The van der Waals surface area contributed by atoms with Gasteiger partial charge >= 0.3 is 12.1 Å². The Bertz CT molecular complexity index is 564. The predicted molar refractivity (Wildman–Crippen MR) is 57.9 cm³/mol. The number of methoxy groups -OCH3 is 1. The summed E-state index contributed by atoms with van der Waals surface area (Å²) in [6.07, 6.45) is -3.67. The Morgan fingerprint density at radius 1 is 1.33 bits per heavy atom. The number of aromatic nitrogens is 1. The van der Waals surface area contributed by atoms with Gasteiger partial charge in [-0.05, 0) is 18.2 Å². The highest BCUT2D eigenvalue weighted by molar-refractivity contribution is 5.67. The SMILES string of the molecule is COc1ccc(-c2coc(C(F)(F)F)n2)cc1N. The second-order valence-electron chi connectivity index (χ2n) is 3.49. The van der Waals surface area contributed by atoms with Crippen LogP contribution in [0.4, 0.5) is 18.9 Å². The van der Waals surface area contributed by atoms with E-state index in [0.29, 0.717) is 17.0 Å². The zero-order valence-electron chi connectivity index (χ0n) is 9.28. The van der Waals surface area contributed by atoms with Gasteiger partial charge in [0.05, 0.1) is 12.8 Å². The van der Waals surface area contributed by atoms with Crippen molar-refractivity contribution >= 4 is 5.69 Å². The van der Waals surface area contributed by atoms with E-state index >= 15 is 0 Å². The lowest BCUT2D eigenvalue weighted by atomic mass is 10.1. The maximum absolute atomic E-state index is 12.3. The summed E-state index contributed by atoms with van der Waals surface area (Å²) in [6, 6.07) is 4.57. The van der Waals surface area contributed by atoms with Crippen LogP contribution in [0.15, 0.2) is 28.9 Å². The van der Waals surface area contributed by atoms with E-state index in [2.05, 4.69) is 9.40 Å². The molecule has 0 radical (unpaired) electrons. The van der Waals surface area contributed by atoms with E-state index in [0.717, 1.165) is 6.26 Å². The number of alkyl halides is 3. The van der Waals surface area contributed by atoms with Gasteiger partial charge in [-0.2, -0.15) is 13.2 Å². The molecule has 7 heteroatoms. The lowest BCUT2D eigenvalue weighted by molar-refractivity contribution is -0.157. The Balaban J connectivity index is 2.38. The first-order valence-corrected chi connectivity index (χ1v) is 4.88. The van der Waals surface area contributed by atoms with E-state index in [9.17, 15) is 13.2 Å². The number of hydrogen-bond acceptors (Lipinski definition) is 4. The van der Waals surface area contributed by atoms with Crippen molar-refractivity contribution in [1.82, 2.24) is 4.98 Å². The Labute approximate surface area is 100 Å². The molecule has 0 fully saturated rings. The third-order valence-corrected chi connectivity index (χ3v) is 2.27. The maximum atomic E-state index is 12.3. The van der Waals surface area contributed by atoms with Gasteiger partial charge in [0.15, 0.2) is 0 Å². The lowest BCUT2D eigenvalue weighted by Gasteiger charge is -2.05. The van der Waals surface area contributed by atoms with Gasteiger partial charge in [0.2, 0.25) is 0 Å². The van der Waals surface area contributed by atoms with Gasteiger partial charge in [0.1, 0.15) is 17.7 Å². The molecule has 1 heterocycles. The zero-order chi connectivity index (χ0) is 13.3. The summed E-state index contributed by atoms with van der Waals surface area (Å²) in [6.45, 7) is 0. The largest absolute Gasteiger partial charge is 0.495 e. The fraction of sp³-hybridized carbons (Fsp3) is 0.182. The third-order valence-electron chi connectivity index (χ3n) is 2.27. The van der Waals surface area contributed by atoms with E-state index in [1.165, 1.54) is 13.2 Å². The van der Waals surface area contributed by atoms with E-state index in [1.807, 2.05) is 0 Å². The number of ether oxygens (including phenoxy) is 1. The standard InChI is InChI=1S/C11H9F3N2O2/c1-17-9-3-2-6(4-7(9)15)8-5-18-10(16-8)11(12,13)14/h2-5H,15H2,1H3. The molecule has 1 aromatic carbocycles. The van der Waals surface area contributed by atoms with Crippen LogP contribution in [0.2, 0.25) is 0 Å². The Hall–Kier alpha value is -2.18. The molecule has 2 N–H and O–H groups in total. The van der Waals surface area contributed by atoms with Crippen LogP contribution in [-0.4, -0.2) is 12.1 Å². The van der Waals surface area contributed by atoms with Crippen LogP contribution in [0.1, 0.15) is 5.89 Å². The van der Waals surface area contributed by atoms with Gasteiger partial charge in [-0.1, -0.05) is 0 Å². The third kappa shape index (κ3) is 2.24. The van der Waals surface area contributed by atoms with Crippen molar-refractivity contribution in [3.8, 4) is 17.0 Å². The van der Waals surface area contributed by atoms with E-state index in [4.69, 9.17) is 10.5 Å². The number of benzene rings is 1. The van der Waals surface area contributed by atoms with Crippen LogP contribution in [0.25, 0.3) is 11.3 Å². The maximum Gasteiger partial charge on any atom is 0.468 e. The van der Waals surface area contributed by atoms with Crippen LogP contribution in [0.3, 0.4) is 0 Å². The average molecular weight is 258 g/mol. The normalized spacial score (nSPS) is 11.6. The highest BCUT2D eigenvalue weighted by atomic mass is 19.4. The molecule has 0 amide bonds. The van der Waals surface area contributed by atoms with Crippen molar-refractivity contribution in [2.24, 2.45) is 0 Å². The van der Waals surface area contributed by atoms with Crippen molar-refractivity contribution < 1.29 is 22.3 Å². The smallest absolute Gasteiger partial charge is 0.468 e. The topological polar surface area (TPSA) is 61.3 Å². The Kier molecular flexibility index (Phi) is 2.90. The number of nitrogen functional groups attached to an aromatic ring is 1. The van der Waals surface area contributed by atoms with Crippen LogP contribution in [-0.2, 0) is 6.18 Å². The van der Waals surface area contributed by atoms with Gasteiger partial charge < -0.3 is 14.9 Å². The minimum Gasteiger partial charge on any atom is -0.495 e. The van der Waals surface area contributed by atoms with E-state index < -0.39 is 12.1 Å². The first kappa shape index (κ1) is 12.3. The van der Waals surface area contributed by atoms with Crippen LogP contribution in [0, 0.1) is 0 Å². The number of anilines is 1. The highest BCUT2D eigenvalue weighted by Crippen LogP contribution is 2.32. The van der Waals surface area contributed by atoms with E-state index in [-0.39, 0.29) is 5.69 Å². The zero-order valence-corrected chi connectivity index (χ0v) is 9.28. The summed E-state index contributed by atoms with van der Waals surface area (Å²) in [5, 5.41) is 0. The summed E-state index contributed by atoms with van der Waals surface area (Å²) in [4.78, 5) is 3.36. The van der Waals surface area contributed by atoms with Crippen molar-refractivity contribution in [2.75, 3.05) is 12.8 Å². The molecule has 18 heavy (non-hydrogen) atoms. The Morgan fingerprint density at radius 2 is 2.06 bits per heavy atom. The molecular formula is C11H9F3N2O2. The first-order valence-electron chi connectivity index (χ1n) is 4.88. The summed E-state index contributed by atoms with van der Waals surface area (Å²) < 4.78 is 46.3. The first-order chi connectivity index (χ1) is 8.41. The van der Waals surface area contributed by atoms with Gasteiger partial charge in [0, 0.05) is 5.56 Å². The minimum absolute atomic E-state index is 0.0664. The lowest BCUT2D eigenvalue weighted by Crippen LogP contribution is -2.04. The number of halogens is 3. The fourth-order valence-corrected chi connectivity index (χ4v) is 1.43. The number of nitrogens with zero attached hydrogens (tertiary/aromatic N) is 1. The summed E-state index contributed by atoms with van der Waals surface area (Å²) in [5.74, 6) is -0.842. The van der Waals surface area contributed by atoms with Gasteiger partial charge in [-0.15, -0.1) is 0 Å². The Morgan fingerprint density at radius 3 is 2.56 bits per heavy atom. The highest BCUT2D eigenvalue weighted by Gasteiger charge is 2.37. The number of oxazole rings is 1. The number of rotatable bonds is 2. The molecule has 2 aromatic rings. The molecule has 4 nitrogen and oxygen atoms in total. The molecule has 0 aliphatic rings. The molecule has 0 unspecified atom stereocenters. The molecule has 1 aromatic heterocycles. The minimum atomic E-state index is -4.60. The quantitative estimate of drug-likeness (QED) is 0.841. The van der Waals surface area contributed by atoms with Crippen molar-refractivity contribution in [3.05, 3.63) is 30.4 Å². The van der Waals surface area contributed by atoms with Crippen LogP contribution >= 0.6 is 0 Å². The second-order valence-corrected chi connectivity index (χ2v) is 3.49. The van der Waals surface area contributed by atoms with Gasteiger partial charge in [-0.3, -0.25) is 0 Å². The van der Waals surface area contributed by atoms with Crippen LogP contribution in [0.5, 0.6) is 5.75 Å². The van der Waals surface area contributed by atoms with Crippen molar-refractivity contribution in [3.63, 3.8) is 0 Å². The monoisotopic (exact) mass is 258 g/mol. The molecule has 0 saturated heterocycles. The van der Waals surface area contributed by atoms with Crippen molar-refractivity contribution in [1.29, 1.82) is 0 Å². The van der Waals surface area contributed by atoms with Gasteiger partial charge in [0.25, 0.3) is 0 Å². The number of nitrogens with two attached hydrogens (primary N) is 1. The molecule has 0 spiro atoms. The molecule has 0 saturated carbocycles. The second kappa shape index (κ2) is 4.25. The number of hydrogen-bond donors (Lipinski definition) is 1. The summed E-state index contributed by atoms with van der Waals surface area (Å²) >= 11 is 0. The molecule has 0 aliphatic heterocycles. The molecule has 96 valence electrons. The molecule has 0 aliphatic carbocycles.